The van der Waals surface area contributed by atoms with E-state index in [1.807, 2.05) is 0 Å². The molecule has 10 nitrogen and oxygen atoms in total. The normalized spacial score (nSPS) is 11.1. The Morgan fingerprint density at radius 2 is 1.06 bits per heavy atom. The molecule has 0 N–H and O–H groups in total. The first-order valence-electron chi connectivity index (χ1n) is 9.06. The molecule has 0 aliphatic carbocycles. The summed E-state index contributed by atoms with van der Waals surface area (Å²) in [6, 6.07) is 15.7. The van der Waals surface area contributed by atoms with Crippen molar-refractivity contribution in [3.8, 4) is 0 Å². The van der Waals surface area contributed by atoms with Crippen LogP contribution in [0.5, 0.6) is 0 Å². The highest BCUT2D eigenvalue weighted by Gasteiger charge is 2.17. The number of rotatable bonds is 4. The van der Waals surface area contributed by atoms with Gasteiger partial charge in [0.15, 0.2) is 0 Å². The van der Waals surface area contributed by atoms with E-state index in [0.717, 1.165) is 9.69 Å². The third-order valence-electron chi connectivity index (χ3n) is 4.49. The van der Waals surface area contributed by atoms with Gasteiger partial charge in [-0.2, -0.15) is 0 Å². The lowest BCUT2D eigenvalue weighted by molar-refractivity contribution is 0.0395. The Kier molecular flexibility index (Phi) is 4.92. The molecular weight excluding hydrogens is 459 g/mol. The van der Waals surface area contributed by atoms with Crippen LogP contribution >= 0.6 is 23.2 Å². The van der Waals surface area contributed by atoms with Crippen LogP contribution in [-0.2, 0) is 0 Å². The fourth-order valence-electron chi connectivity index (χ4n) is 2.92. The number of aromatic nitrogens is 6. The van der Waals surface area contributed by atoms with Crippen LogP contribution in [0.2, 0.25) is 10.0 Å². The molecule has 12 heteroatoms. The molecule has 5 aromatic rings. The van der Waals surface area contributed by atoms with Crippen LogP contribution in [0.4, 0.5) is 0 Å². The Labute approximate surface area is 188 Å². The molecule has 0 spiro atoms. The quantitative estimate of drug-likeness (QED) is 0.369. The van der Waals surface area contributed by atoms with Gasteiger partial charge in [0, 0.05) is 0 Å². The van der Waals surface area contributed by atoms with E-state index in [-0.39, 0.29) is 11.1 Å². The van der Waals surface area contributed by atoms with Gasteiger partial charge in [-0.05, 0) is 59.0 Å². The Morgan fingerprint density at radius 3 is 1.47 bits per heavy atom. The Bertz CT molecular complexity index is 1380. The van der Waals surface area contributed by atoms with Crippen molar-refractivity contribution >= 4 is 57.2 Å². The Balaban J connectivity index is 1.32. The maximum absolute atomic E-state index is 12.5. The van der Waals surface area contributed by atoms with E-state index in [2.05, 4.69) is 20.6 Å². The van der Waals surface area contributed by atoms with E-state index in [0.29, 0.717) is 32.1 Å². The van der Waals surface area contributed by atoms with Crippen LogP contribution in [-0.4, -0.2) is 42.3 Å². The fourth-order valence-corrected chi connectivity index (χ4v) is 3.34. The van der Waals surface area contributed by atoms with E-state index < -0.39 is 11.9 Å². The number of fused-ring (bicyclic) bond motifs is 2. The smallest absolute Gasteiger partial charge is 0.312 e. The van der Waals surface area contributed by atoms with E-state index in [4.69, 9.17) is 32.9 Å². The van der Waals surface area contributed by atoms with Gasteiger partial charge in [0.05, 0.1) is 21.2 Å². The lowest BCUT2D eigenvalue weighted by Crippen LogP contribution is -2.22. The van der Waals surface area contributed by atoms with Gasteiger partial charge in [0.1, 0.15) is 22.1 Å². The van der Waals surface area contributed by atoms with Crippen molar-refractivity contribution in [3.63, 3.8) is 0 Å². The summed E-state index contributed by atoms with van der Waals surface area (Å²) < 4.78 is 0. The van der Waals surface area contributed by atoms with Crippen LogP contribution in [0.15, 0.2) is 60.7 Å². The zero-order valence-electron chi connectivity index (χ0n) is 15.8. The van der Waals surface area contributed by atoms with Crippen molar-refractivity contribution in [1.82, 2.24) is 30.3 Å². The van der Waals surface area contributed by atoms with Crippen molar-refractivity contribution in [2.24, 2.45) is 0 Å². The number of carbonyl (C=O) groups excluding carboxylic acids is 2. The van der Waals surface area contributed by atoms with E-state index in [1.54, 1.807) is 36.4 Å². The third-order valence-corrected chi connectivity index (χ3v) is 5.10. The van der Waals surface area contributed by atoms with Gasteiger partial charge in [0.25, 0.3) is 0 Å². The molecule has 158 valence electrons. The number of benzene rings is 3. The molecule has 0 radical (unpaired) electrons. The second kappa shape index (κ2) is 7.91. The molecule has 0 aliphatic heterocycles. The summed E-state index contributed by atoms with van der Waals surface area (Å²) in [5, 5.41) is 16.1. The van der Waals surface area contributed by atoms with Gasteiger partial charge in [0.2, 0.25) is 0 Å². The summed E-state index contributed by atoms with van der Waals surface area (Å²) in [6.07, 6.45) is 0. The average molecular weight is 469 g/mol. The molecule has 0 saturated heterocycles. The van der Waals surface area contributed by atoms with Crippen LogP contribution in [0.25, 0.3) is 22.1 Å². The van der Waals surface area contributed by atoms with Crippen molar-refractivity contribution in [1.29, 1.82) is 0 Å². The molecule has 0 aliphatic rings. The number of carbonyl (C=O) groups is 2. The topological polar surface area (TPSA) is 114 Å². The van der Waals surface area contributed by atoms with Crippen molar-refractivity contribution in [3.05, 3.63) is 81.8 Å². The first-order chi connectivity index (χ1) is 15.5. The minimum absolute atomic E-state index is 0.185. The standard InChI is InChI=1S/C20H10Cl2N6O4/c21-13-3-1-5-15-17(13)23-25-27(15)31-19(29)11-7-9-12(10-8-11)20(30)32-28-16-6-2-4-14(22)18(16)24-26-28/h1-10H. The van der Waals surface area contributed by atoms with Gasteiger partial charge in [-0.3, -0.25) is 0 Å². The molecule has 0 bridgehead atoms. The molecule has 2 aromatic heterocycles. The highest BCUT2D eigenvalue weighted by atomic mass is 35.5. The number of hydrogen-bond donors (Lipinski definition) is 0. The van der Waals surface area contributed by atoms with Gasteiger partial charge in [-0.25, -0.2) is 9.59 Å². The minimum Gasteiger partial charge on any atom is -0.312 e. The molecule has 0 unspecified atom stereocenters. The van der Waals surface area contributed by atoms with Crippen molar-refractivity contribution in [2.45, 2.75) is 0 Å². The third kappa shape index (κ3) is 3.51. The zero-order valence-corrected chi connectivity index (χ0v) is 17.4. The monoisotopic (exact) mass is 468 g/mol. The van der Waals surface area contributed by atoms with Crippen molar-refractivity contribution in [2.75, 3.05) is 0 Å². The molecule has 0 fully saturated rings. The second-order valence-corrected chi connectivity index (χ2v) is 7.29. The predicted octanol–water partition coefficient (Wildman–Crippen LogP) is 3.02. The van der Waals surface area contributed by atoms with Crippen LogP contribution < -0.4 is 9.68 Å². The van der Waals surface area contributed by atoms with Crippen LogP contribution in [0, 0.1) is 0 Å². The van der Waals surface area contributed by atoms with Crippen molar-refractivity contribution < 1.29 is 19.3 Å². The summed E-state index contributed by atoms with van der Waals surface area (Å²) in [5.41, 5.74) is 2.05. The first kappa shape index (κ1) is 19.9. The van der Waals surface area contributed by atoms with Crippen LogP contribution in [0.1, 0.15) is 20.7 Å². The zero-order chi connectivity index (χ0) is 22.2. The van der Waals surface area contributed by atoms with Gasteiger partial charge >= 0.3 is 11.9 Å². The SMILES string of the molecule is O=C(On1nnc2c(Cl)cccc21)c1ccc(C(=O)On2nnc3c(Cl)cccc32)cc1. The van der Waals surface area contributed by atoms with Gasteiger partial charge in [-0.15, -0.1) is 10.2 Å². The number of hydrogen-bond acceptors (Lipinski definition) is 8. The predicted molar refractivity (Wildman–Crippen MR) is 113 cm³/mol. The molecule has 0 saturated carbocycles. The minimum atomic E-state index is -0.700. The summed E-state index contributed by atoms with van der Waals surface area (Å²) >= 11 is 12.1. The van der Waals surface area contributed by atoms with Gasteiger partial charge in [-0.1, -0.05) is 45.0 Å². The maximum Gasteiger partial charge on any atom is 0.365 e. The Morgan fingerprint density at radius 1 is 0.656 bits per heavy atom. The Hall–Kier alpha value is -4.02. The van der Waals surface area contributed by atoms with E-state index in [9.17, 15) is 9.59 Å². The number of nitrogens with zero attached hydrogens (tertiary/aromatic N) is 6. The lowest BCUT2D eigenvalue weighted by atomic mass is 10.1. The molecule has 5 rings (SSSR count). The number of halogens is 2. The molecule has 32 heavy (non-hydrogen) atoms. The molecule has 0 amide bonds. The lowest BCUT2D eigenvalue weighted by Gasteiger charge is -2.05. The highest BCUT2D eigenvalue weighted by molar-refractivity contribution is 6.35. The summed E-state index contributed by atoms with van der Waals surface area (Å²) in [5.74, 6) is -1.40. The van der Waals surface area contributed by atoms with E-state index in [1.165, 1.54) is 24.3 Å². The largest absolute Gasteiger partial charge is 0.365 e. The van der Waals surface area contributed by atoms with E-state index >= 15 is 0 Å². The molecule has 0 atom stereocenters. The summed E-state index contributed by atoms with van der Waals surface area (Å²) in [6.45, 7) is 0. The maximum atomic E-state index is 12.5. The second-order valence-electron chi connectivity index (χ2n) is 6.47. The molecule has 2 heterocycles. The summed E-state index contributed by atoms with van der Waals surface area (Å²) in [4.78, 5) is 37.4. The van der Waals surface area contributed by atoms with Crippen LogP contribution in [0.3, 0.4) is 0 Å². The molecular formula is C20H10Cl2N6O4. The summed E-state index contributed by atoms with van der Waals surface area (Å²) in [7, 11) is 0. The highest BCUT2D eigenvalue weighted by Crippen LogP contribution is 2.21. The molecule has 3 aromatic carbocycles. The first-order valence-corrected chi connectivity index (χ1v) is 9.82. The average Bonchev–Trinajstić information content (AvgIpc) is 3.40. The fraction of sp³-hybridized carbons (Fsp3) is 0. The van der Waals surface area contributed by atoms with Gasteiger partial charge < -0.3 is 9.68 Å².